The normalized spacial score (nSPS) is 10.2. The molecule has 17 heavy (non-hydrogen) atoms. The van der Waals surface area contributed by atoms with Crippen LogP contribution in [0.1, 0.15) is 20.2 Å². The van der Waals surface area contributed by atoms with Gasteiger partial charge in [-0.3, -0.25) is 4.79 Å². The highest BCUT2D eigenvalue weighted by atomic mass is 35.5. The predicted octanol–water partition coefficient (Wildman–Crippen LogP) is 2.68. The molecule has 0 aliphatic heterocycles. The van der Waals surface area contributed by atoms with Crippen LogP contribution in [0.2, 0.25) is 4.34 Å². The molecular formula is C10H7ClN2O3S. The third kappa shape index (κ3) is 2.66. The maximum Gasteiger partial charge on any atom is 0.352 e. The van der Waals surface area contributed by atoms with Gasteiger partial charge in [-0.1, -0.05) is 11.6 Å². The molecule has 5 nitrogen and oxygen atoms in total. The Bertz CT molecular complexity index is 576. The van der Waals surface area contributed by atoms with Gasteiger partial charge in [-0.05, 0) is 18.2 Å². The molecule has 0 bridgehead atoms. The fourth-order valence-corrected chi connectivity index (χ4v) is 2.16. The number of anilines is 1. The van der Waals surface area contributed by atoms with Gasteiger partial charge in [0.05, 0.1) is 14.9 Å². The number of hydrogen-bond donors (Lipinski definition) is 3. The van der Waals surface area contributed by atoms with E-state index in [0.29, 0.717) is 14.9 Å². The van der Waals surface area contributed by atoms with Crippen molar-refractivity contribution in [2.45, 2.75) is 0 Å². The molecule has 2 heterocycles. The molecule has 3 N–H and O–H groups in total. The Morgan fingerprint density at radius 1 is 1.41 bits per heavy atom. The molecule has 2 rings (SSSR count). The first-order valence-corrected chi connectivity index (χ1v) is 5.74. The van der Waals surface area contributed by atoms with Gasteiger partial charge in [-0.25, -0.2) is 4.79 Å². The molecule has 2 aromatic heterocycles. The van der Waals surface area contributed by atoms with Crippen molar-refractivity contribution in [2.24, 2.45) is 0 Å². The molecule has 0 spiro atoms. The Morgan fingerprint density at radius 3 is 2.71 bits per heavy atom. The number of thiophene rings is 1. The minimum atomic E-state index is -1.08. The summed E-state index contributed by atoms with van der Waals surface area (Å²) in [5.41, 5.74) is 0.418. The van der Waals surface area contributed by atoms with Crippen LogP contribution in [0.25, 0.3) is 0 Å². The molecule has 88 valence electrons. The zero-order chi connectivity index (χ0) is 12.4. The summed E-state index contributed by atoms with van der Waals surface area (Å²) >= 11 is 6.86. The van der Waals surface area contributed by atoms with Gasteiger partial charge in [0.15, 0.2) is 0 Å². The minimum Gasteiger partial charge on any atom is -0.477 e. The second-order valence-corrected chi connectivity index (χ2v) is 4.88. The van der Waals surface area contributed by atoms with E-state index in [1.54, 1.807) is 12.1 Å². The molecule has 1 amide bonds. The van der Waals surface area contributed by atoms with Crippen molar-refractivity contribution in [2.75, 3.05) is 5.32 Å². The van der Waals surface area contributed by atoms with Crippen LogP contribution in [-0.2, 0) is 0 Å². The topological polar surface area (TPSA) is 82.2 Å². The van der Waals surface area contributed by atoms with Crippen LogP contribution in [0.5, 0.6) is 0 Å². The van der Waals surface area contributed by atoms with Crippen molar-refractivity contribution >= 4 is 40.5 Å². The lowest BCUT2D eigenvalue weighted by Gasteiger charge is -1.98. The van der Waals surface area contributed by atoms with Gasteiger partial charge < -0.3 is 15.4 Å². The van der Waals surface area contributed by atoms with Crippen LogP contribution in [0.15, 0.2) is 24.4 Å². The summed E-state index contributed by atoms with van der Waals surface area (Å²) in [6.45, 7) is 0. The van der Waals surface area contributed by atoms with Gasteiger partial charge in [-0.2, -0.15) is 0 Å². The molecular weight excluding hydrogens is 264 g/mol. The van der Waals surface area contributed by atoms with Crippen LogP contribution >= 0.6 is 22.9 Å². The fraction of sp³-hybridized carbons (Fsp3) is 0. The number of halogens is 1. The van der Waals surface area contributed by atoms with E-state index in [4.69, 9.17) is 16.7 Å². The third-order valence-electron chi connectivity index (χ3n) is 1.97. The number of amides is 1. The van der Waals surface area contributed by atoms with Crippen molar-refractivity contribution in [1.82, 2.24) is 4.98 Å². The number of aromatic nitrogens is 1. The van der Waals surface area contributed by atoms with E-state index in [1.165, 1.54) is 12.3 Å². The summed E-state index contributed by atoms with van der Waals surface area (Å²) in [6, 6.07) is 4.57. The monoisotopic (exact) mass is 270 g/mol. The lowest BCUT2D eigenvalue weighted by atomic mass is 10.4. The van der Waals surface area contributed by atoms with Crippen LogP contribution in [0.4, 0.5) is 5.69 Å². The standard InChI is InChI=1S/C10H7ClN2O3S/c11-8-2-1-7(17-8)9(14)13-5-3-6(10(15)16)12-4-5/h1-4,12H,(H,13,14)(H,15,16). The molecule has 0 atom stereocenters. The van der Waals surface area contributed by atoms with Crippen LogP contribution < -0.4 is 5.32 Å². The van der Waals surface area contributed by atoms with Gasteiger partial charge in [-0.15, -0.1) is 11.3 Å². The lowest BCUT2D eigenvalue weighted by molar-refractivity contribution is 0.0691. The highest BCUT2D eigenvalue weighted by Crippen LogP contribution is 2.22. The summed E-state index contributed by atoms with van der Waals surface area (Å²) in [6.07, 6.45) is 1.41. The van der Waals surface area contributed by atoms with Gasteiger partial charge in [0, 0.05) is 6.20 Å². The summed E-state index contributed by atoms with van der Waals surface area (Å²) < 4.78 is 0.524. The number of nitrogens with one attached hydrogen (secondary N) is 2. The van der Waals surface area contributed by atoms with Gasteiger partial charge in [0.25, 0.3) is 5.91 Å². The Hall–Kier alpha value is -1.79. The van der Waals surface area contributed by atoms with E-state index >= 15 is 0 Å². The number of carbonyl (C=O) groups is 2. The van der Waals surface area contributed by atoms with Crippen LogP contribution in [0, 0.1) is 0 Å². The number of carboxylic acids is 1. The van der Waals surface area contributed by atoms with Gasteiger partial charge in [0.1, 0.15) is 5.69 Å². The number of aromatic carboxylic acids is 1. The Morgan fingerprint density at radius 2 is 2.18 bits per heavy atom. The largest absolute Gasteiger partial charge is 0.477 e. The highest BCUT2D eigenvalue weighted by molar-refractivity contribution is 7.18. The van der Waals surface area contributed by atoms with Crippen LogP contribution in [0.3, 0.4) is 0 Å². The molecule has 0 aromatic carbocycles. The minimum absolute atomic E-state index is 0.0181. The van der Waals surface area contributed by atoms with Crippen molar-refractivity contribution in [3.63, 3.8) is 0 Å². The van der Waals surface area contributed by atoms with E-state index in [2.05, 4.69) is 10.3 Å². The summed E-state index contributed by atoms with van der Waals surface area (Å²) in [5, 5.41) is 11.3. The number of carbonyl (C=O) groups excluding carboxylic acids is 1. The zero-order valence-corrected chi connectivity index (χ0v) is 9.93. The van der Waals surface area contributed by atoms with Crippen molar-refractivity contribution in [3.05, 3.63) is 39.3 Å². The number of H-pyrrole nitrogens is 1. The Labute approximate surface area is 105 Å². The van der Waals surface area contributed by atoms with Gasteiger partial charge >= 0.3 is 5.97 Å². The molecule has 7 heteroatoms. The molecule has 2 aromatic rings. The van der Waals surface area contributed by atoms with E-state index < -0.39 is 5.97 Å². The highest BCUT2D eigenvalue weighted by Gasteiger charge is 2.11. The third-order valence-corrected chi connectivity index (χ3v) is 3.20. The Balaban J connectivity index is 2.10. The first-order valence-electron chi connectivity index (χ1n) is 4.54. The average Bonchev–Trinajstić information content (AvgIpc) is 2.86. The SMILES string of the molecule is O=C(O)c1cc(NC(=O)c2ccc(Cl)s2)c[nH]1. The lowest BCUT2D eigenvalue weighted by Crippen LogP contribution is -2.09. The van der Waals surface area contributed by atoms with Crippen molar-refractivity contribution in [3.8, 4) is 0 Å². The zero-order valence-electron chi connectivity index (χ0n) is 8.36. The quantitative estimate of drug-likeness (QED) is 0.802. The van der Waals surface area contributed by atoms with E-state index in [0.717, 1.165) is 11.3 Å². The first-order chi connectivity index (χ1) is 8.06. The fourth-order valence-electron chi connectivity index (χ4n) is 1.22. The summed E-state index contributed by atoms with van der Waals surface area (Å²) in [4.78, 5) is 25.3. The molecule has 0 aliphatic carbocycles. The molecule has 0 unspecified atom stereocenters. The first kappa shape index (κ1) is 11.7. The summed E-state index contributed by atoms with van der Waals surface area (Å²) in [5.74, 6) is -1.40. The maximum absolute atomic E-state index is 11.7. The van der Waals surface area contributed by atoms with E-state index in [1.807, 2.05) is 0 Å². The number of hydrogen-bond acceptors (Lipinski definition) is 3. The van der Waals surface area contributed by atoms with Crippen molar-refractivity contribution < 1.29 is 14.7 Å². The number of carboxylic acid groups (broad SMARTS) is 1. The second-order valence-electron chi connectivity index (χ2n) is 3.17. The molecule has 0 aliphatic rings. The average molecular weight is 271 g/mol. The van der Waals surface area contributed by atoms with Crippen molar-refractivity contribution in [1.29, 1.82) is 0 Å². The second kappa shape index (κ2) is 4.60. The predicted molar refractivity (Wildman–Crippen MR) is 65.0 cm³/mol. The van der Waals surface area contributed by atoms with Gasteiger partial charge in [0.2, 0.25) is 0 Å². The Kier molecular flexibility index (Phi) is 3.16. The molecule has 0 fully saturated rings. The number of rotatable bonds is 3. The van der Waals surface area contributed by atoms with E-state index in [-0.39, 0.29) is 11.6 Å². The molecule has 0 saturated heterocycles. The maximum atomic E-state index is 11.7. The van der Waals surface area contributed by atoms with E-state index in [9.17, 15) is 9.59 Å². The smallest absolute Gasteiger partial charge is 0.352 e. The summed E-state index contributed by atoms with van der Waals surface area (Å²) in [7, 11) is 0. The van der Waals surface area contributed by atoms with Crippen LogP contribution in [-0.4, -0.2) is 22.0 Å². The molecule has 0 saturated carbocycles. The molecule has 0 radical (unpaired) electrons. The number of aromatic amines is 1.